The quantitative estimate of drug-likeness (QED) is 0.434. The van der Waals surface area contributed by atoms with Gasteiger partial charge in [-0.2, -0.15) is 0 Å². The first-order valence-electron chi connectivity index (χ1n) is 11.4. The van der Waals surface area contributed by atoms with Gasteiger partial charge >= 0.3 is 5.97 Å². The molecule has 0 aliphatic carbocycles. The Kier molecular flexibility index (Phi) is 7.71. The molecule has 8 nitrogen and oxygen atoms in total. The summed E-state index contributed by atoms with van der Waals surface area (Å²) in [4.78, 5) is 26.7. The molecule has 2 N–H and O–H groups in total. The number of rotatable bonds is 7. The van der Waals surface area contributed by atoms with Gasteiger partial charge in [-0.05, 0) is 48.7 Å². The van der Waals surface area contributed by atoms with Crippen LogP contribution in [0.1, 0.15) is 28.3 Å². The largest absolute Gasteiger partial charge is 0.493 e. The number of nitrogens with two attached hydrogens (primary N) is 1. The molecule has 3 aromatic rings. The lowest BCUT2D eigenvalue weighted by Gasteiger charge is -2.29. The van der Waals surface area contributed by atoms with Gasteiger partial charge in [0.2, 0.25) is 5.88 Å². The molecule has 1 aliphatic heterocycles. The number of pyridine rings is 1. The molecular weight excluding hydrogens is 519 g/mol. The highest BCUT2D eigenvalue weighted by Gasteiger charge is 2.38. The molecule has 1 atom stereocenters. The van der Waals surface area contributed by atoms with Gasteiger partial charge in [-0.1, -0.05) is 35.3 Å². The van der Waals surface area contributed by atoms with Crippen molar-refractivity contribution < 1.29 is 23.7 Å². The van der Waals surface area contributed by atoms with Crippen molar-refractivity contribution in [2.45, 2.75) is 25.8 Å². The van der Waals surface area contributed by atoms with Crippen LogP contribution < -0.4 is 25.5 Å². The summed E-state index contributed by atoms with van der Waals surface area (Å²) in [5.74, 6) is -0.230. The molecule has 0 radical (unpaired) electrons. The van der Waals surface area contributed by atoms with Gasteiger partial charge < -0.3 is 29.2 Å². The van der Waals surface area contributed by atoms with E-state index < -0.39 is 11.9 Å². The molecule has 2 aromatic carbocycles. The lowest BCUT2D eigenvalue weighted by molar-refractivity contribution is -0.136. The number of ether oxygens (including phenoxy) is 4. The minimum atomic E-state index is -0.869. The van der Waals surface area contributed by atoms with Crippen LogP contribution in [0.15, 0.2) is 58.7 Å². The Hall–Kier alpha value is -3.62. The van der Waals surface area contributed by atoms with Gasteiger partial charge in [-0.3, -0.25) is 4.79 Å². The van der Waals surface area contributed by atoms with Crippen LogP contribution in [-0.2, 0) is 22.5 Å². The number of carbonyl (C=O) groups is 1. The van der Waals surface area contributed by atoms with Crippen LogP contribution in [0, 0.1) is 6.92 Å². The summed E-state index contributed by atoms with van der Waals surface area (Å²) < 4.78 is 23.1. The van der Waals surface area contributed by atoms with Crippen molar-refractivity contribution in [3.05, 3.63) is 96.7 Å². The molecule has 4 rings (SSSR count). The van der Waals surface area contributed by atoms with E-state index in [2.05, 4.69) is 0 Å². The van der Waals surface area contributed by atoms with E-state index in [-0.39, 0.29) is 33.4 Å². The van der Waals surface area contributed by atoms with E-state index in [0.717, 1.165) is 5.56 Å². The predicted molar refractivity (Wildman–Crippen MR) is 141 cm³/mol. The van der Waals surface area contributed by atoms with Crippen molar-refractivity contribution in [3.63, 3.8) is 0 Å². The third kappa shape index (κ3) is 4.99. The zero-order valence-electron chi connectivity index (χ0n) is 20.8. The van der Waals surface area contributed by atoms with Crippen LogP contribution in [0.3, 0.4) is 0 Å². The van der Waals surface area contributed by atoms with Crippen molar-refractivity contribution >= 4 is 29.2 Å². The third-order valence-corrected chi connectivity index (χ3v) is 7.06. The molecule has 0 saturated heterocycles. The molecule has 0 unspecified atom stereocenters. The summed E-state index contributed by atoms with van der Waals surface area (Å²) in [5, 5.41) is 0.612. The highest BCUT2D eigenvalue weighted by Crippen LogP contribution is 2.42. The van der Waals surface area contributed by atoms with Gasteiger partial charge in [0.15, 0.2) is 11.5 Å². The second-order valence-electron chi connectivity index (χ2n) is 8.44. The minimum absolute atomic E-state index is 0.0146. The number of carbonyl (C=O) groups excluding carboxylic acids is 1. The first-order chi connectivity index (χ1) is 17.7. The number of aryl methyl sites for hydroxylation is 2. The predicted octanol–water partition coefficient (Wildman–Crippen LogP) is 4.59. The minimum Gasteiger partial charge on any atom is -0.493 e. The average molecular weight is 545 g/mol. The van der Waals surface area contributed by atoms with Gasteiger partial charge in [-0.15, -0.1) is 0 Å². The van der Waals surface area contributed by atoms with E-state index in [0.29, 0.717) is 40.7 Å². The van der Waals surface area contributed by atoms with Crippen LogP contribution in [0.25, 0.3) is 0 Å². The summed E-state index contributed by atoms with van der Waals surface area (Å²) in [6.45, 7) is 2.18. The summed E-state index contributed by atoms with van der Waals surface area (Å²) in [5.41, 5.74) is 8.29. The molecule has 2 heterocycles. The van der Waals surface area contributed by atoms with Crippen LogP contribution in [0.2, 0.25) is 10.0 Å². The lowest BCUT2D eigenvalue weighted by Crippen LogP contribution is -2.35. The Labute approximate surface area is 224 Å². The van der Waals surface area contributed by atoms with E-state index in [1.807, 2.05) is 25.1 Å². The number of halogens is 2. The zero-order chi connectivity index (χ0) is 26.9. The average Bonchev–Trinajstić information content (AvgIpc) is 2.88. The maximum atomic E-state index is 13.9. The Morgan fingerprint density at radius 2 is 1.76 bits per heavy atom. The molecule has 1 aliphatic rings. The van der Waals surface area contributed by atoms with E-state index in [9.17, 15) is 9.59 Å². The maximum Gasteiger partial charge on any atom is 0.340 e. The number of benzene rings is 2. The van der Waals surface area contributed by atoms with Crippen LogP contribution in [0.4, 0.5) is 0 Å². The van der Waals surface area contributed by atoms with Crippen molar-refractivity contribution in [2.75, 3.05) is 21.3 Å². The van der Waals surface area contributed by atoms with Crippen LogP contribution in [0.5, 0.6) is 17.2 Å². The van der Waals surface area contributed by atoms with Gasteiger partial charge in [-0.25, -0.2) is 4.79 Å². The standard InChI is InChI=1S/C27H26Cl2N2O6/c1-14-11-21-23(26(32)31(14)10-9-15-5-8-19(34-2)20(12-15)35-3)22(16-6-7-17(28)18(29)13-16)24(25(30)37-21)27(33)36-4/h5-8,11-13,22H,9-10,30H2,1-4H3/t22-/m0/s1. The molecule has 0 saturated carbocycles. The summed E-state index contributed by atoms with van der Waals surface area (Å²) in [6, 6.07) is 12.2. The topological polar surface area (TPSA) is 102 Å². The first-order valence-corrected chi connectivity index (χ1v) is 12.1. The smallest absolute Gasteiger partial charge is 0.340 e. The van der Waals surface area contributed by atoms with Gasteiger partial charge in [0.1, 0.15) is 11.3 Å². The SMILES string of the molecule is COC(=O)C1=C(N)Oc2cc(C)n(CCc3ccc(OC)c(OC)c3)c(=O)c2[C@@H]1c1ccc(Cl)c(Cl)c1. The molecule has 0 spiro atoms. The van der Waals surface area contributed by atoms with Gasteiger partial charge in [0.05, 0.1) is 42.9 Å². The fraction of sp³-hybridized carbons (Fsp3) is 0.259. The Bertz CT molecular complexity index is 1460. The molecule has 1 aromatic heterocycles. The highest BCUT2D eigenvalue weighted by atomic mass is 35.5. The molecule has 0 bridgehead atoms. The number of hydrogen-bond donors (Lipinski definition) is 1. The summed E-state index contributed by atoms with van der Waals surface area (Å²) in [6.07, 6.45) is 0.542. The maximum absolute atomic E-state index is 13.9. The van der Waals surface area contributed by atoms with Crippen molar-refractivity contribution in [1.82, 2.24) is 4.57 Å². The number of esters is 1. The molecular formula is C27H26Cl2N2O6. The van der Waals surface area contributed by atoms with Crippen molar-refractivity contribution in [2.24, 2.45) is 5.73 Å². The molecule has 10 heteroatoms. The fourth-order valence-electron chi connectivity index (χ4n) is 4.48. The summed E-state index contributed by atoms with van der Waals surface area (Å²) in [7, 11) is 4.38. The molecule has 37 heavy (non-hydrogen) atoms. The van der Waals surface area contributed by atoms with E-state index in [4.69, 9.17) is 47.9 Å². The Balaban J connectivity index is 1.82. The van der Waals surface area contributed by atoms with Gasteiger partial charge in [0.25, 0.3) is 5.56 Å². The second-order valence-corrected chi connectivity index (χ2v) is 9.25. The normalized spacial score (nSPS) is 14.6. The van der Waals surface area contributed by atoms with E-state index in [1.165, 1.54) is 7.11 Å². The number of nitrogens with zero attached hydrogens (tertiary/aromatic N) is 1. The fourth-order valence-corrected chi connectivity index (χ4v) is 4.78. The van der Waals surface area contributed by atoms with E-state index >= 15 is 0 Å². The Morgan fingerprint density at radius 1 is 1.03 bits per heavy atom. The number of hydrogen-bond acceptors (Lipinski definition) is 7. The first kappa shape index (κ1) is 26.4. The third-order valence-electron chi connectivity index (χ3n) is 6.32. The Morgan fingerprint density at radius 3 is 2.41 bits per heavy atom. The van der Waals surface area contributed by atoms with Crippen molar-refractivity contribution in [1.29, 1.82) is 0 Å². The second kappa shape index (κ2) is 10.8. The lowest BCUT2D eigenvalue weighted by atomic mass is 9.83. The zero-order valence-corrected chi connectivity index (χ0v) is 22.3. The van der Waals surface area contributed by atoms with Crippen LogP contribution >= 0.6 is 23.2 Å². The van der Waals surface area contributed by atoms with Crippen molar-refractivity contribution in [3.8, 4) is 17.2 Å². The van der Waals surface area contributed by atoms with Gasteiger partial charge in [0, 0.05) is 18.3 Å². The summed E-state index contributed by atoms with van der Waals surface area (Å²) >= 11 is 12.4. The monoisotopic (exact) mass is 544 g/mol. The van der Waals surface area contributed by atoms with E-state index in [1.54, 1.807) is 43.1 Å². The number of aromatic nitrogens is 1. The molecule has 194 valence electrons. The van der Waals surface area contributed by atoms with Crippen LogP contribution in [-0.4, -0.2) is 31.9 Å². The molecule has 0 amide bonds. The highest BCUT2D eigenvalue weighted by molar-refractivity contribution is 6.42. The number of methoxy groups -OCH3 is 3. The number of fused-ring (bicyclic) bond motifs is 1. The molecule has 0 fully saturated rings.